The van der Waals surface area contributed by atoms with Crippen LogP contribution in [0, 0.1) is 0 Å². The number of ether oxygens (including phenoxy) is 2. The Balaban J connectivity index is 2.83. The van der Waals surface area contributed by atoms with Crippen LogP contribution in [0.25, 0.3) is 0 Å². The van der Waals surface area contributed by atoms with Crippen LogP contribution in [0.3, 0.4) is 0 Å². The van der Waals surface area contributed by atoms with Gasteiger partial charge < -0.3 is 15.2 Å². The lowest BCUT2D eigenvalue weighted by Crippen LogP contribution is -2.28. The first-order chi connectivity index (χ1) is 8.99. The molecular formula is C14H20ClNO3. The van der Waals surface area contributed by atoms with E-state index in [0.29, 0.717) is 23.8 Å². The summed E-state index contributed by atoms with van der Waals surface area (Å²) in [5.41, 5.74) is 6.69. The predicted octanol–water partition coefficient (Wildman–Crippen LogP) is 3.08. The molecule has 1 aromatic carbocycles. The maximum atomic E-state index is 11.7. The lowest BCUT2D eigenvalue weighted by molar-refractivity contribution is -0.151. The Morgan fingerprint density at radius 3 is 2.58 bits per heavy atom. The molecule has 0 aliphatic heterocycles. The van der Waals surface area contributed by atoms with Gasteiger partial charge in [-0.05, 0) is 38.0 Å². The van der Waals surface area contributed by atoms with Crippen LogP contribution in [0.5, 0.6) is 5.75 Å². The Morgan fingerprint density at radius 1 is 1.42 bits per heavy atom. The summed E-state index contributed by atoms with van der Waals surface area (Å²) in [7, 11) is 0. The zero-order valence-electron chi connectivity index (χ0n) is 11.5. The third-order valence-electron chi connectivity index (χ3n) is 2.67. The number of hydrogen-bond donors (Lipinski definition) is 1. The third-order valence-corrected chi connectivity index (χ3v) is 2.97. The number of hydrogen-bond acceptors (Lipinski definition) is 4. The smallest absolute Gasteiger partial charge is 0.347 e. The van der Waals surface area contributed by atoms with Gasteiger partial charge in [0.05, 0.1) is 11.6 Å². The molecule has 0 aliphatic carbocycles. The molecule has 2 N–H and O–H groups in total. The normalized spacial score (nSPS) is 13.7. The van der Waals surface area contributed by atoms with Crippen molar-refractivity contribution in [2.45, 2.75) is 39.3 Å². The van der Waals surface area contributed by atoms with E-state index in [0.717, 1.165) is 5.56 Å². The fraction of sp³-hybridized carbons (Fsp3) is 0.500. The number of rotatable bonds is 6. The van der Waals surface area contributed by atoms with Crippen molar-refractivity contribution in [3.05, 3.63) is 28.8 Å². The minimum Gasteiger partial charge on any atom is -0.477 e. The van der Waals surface area contributed by atoms with Crippen molar-refractivity contribution in [2.75, 3.05) is 6.61 Å². The van der Waals surface area contributed by atoms with E-state index >= 15 is 0 Å². The number of halogens is 1. The second-order valence-corrected chi connectivity index (χ2v) is 4.65. The second kappa shape index (κ2) is 7.36. The second-order valence-electron chi connectivity index (χ2n) is 4.25. The lowest BCUT2D eigenvalue weighted by atomic mass is 10.1. The van der Waals surface area contributed by atoms with Crippen molar-refractivity contribution >= 4 is 17.6 Å². The molecule has 0 amide bonds. The highest BCUT2D eigenvalue weighted by Crippen LogP contribution is 2.28. The first-order valence-corrected chi connectivity index (χ1v) is 6.75. The highest BCUT2D eigenvalue weighted by molar-refractivity contribution is 6.32. The average molecular weight is 286 g/mol. The largest absolute Gasteiger partial charge is 0.477 e. The molecule has 0 spiro atoms. The van der Waals surface area contributed by atoms with E-state index in [1.165, 1.54) is 0 Å². The molecule has 0 saturated carbocycles. The number of carbonyl (C=O) groups excluding carboxylic acids is 1. The Morgan fingerprint density at radius 2 is 2.11 bits per heavy atom. The van der Waals surface area contributed by atoms with E-state index in [-0.39, 0.29) is 12.0 Å². The van der Waals surface area contributed by atoms with E-state index in [4.69, 9.17) is 26.8 Å². The molecule has 5 heteroatoms. The highest BCUT2D eigenvalue weighted by atomic mass is 35.5. The summed E-state index contributed by atoms with van der Waals surface area (Å²) < 4.78 is 10.5. The lowest BCUT2D eigenvalue weighted by Gasteiger charge is -2.17. The van der Waals surface area contributed by atoms with E-state index < -0.39 is 6.10 Å². The highest BCUT2D eigenvalue weighted by Gasteiger charge is 2.20. The Hall–Kier alpha value is -1.26. The van der Waals surface area contributed by atoms with Crippen LogP contribution >= 0.6 is 11.6 Å². The molecule has 0 bridgehead atoms. The van der Waals surface area contributed by atoms with Crippen LogP contribution in [0.4, 0.5) is 0 Å². The Kier molecular flexibility index (Phi) is 6.12. The molecule has 0 fully saturated rings. The van der Waals surface area contributed by atoms with Crippen LogP contribution in [0.15, 0.2) is 18.2 Å². The zero-order valence-corrected chi connectivity index (χ0v) is 12.2. The van der Waals surface area contributed by atoms with E-state index in [2.05, 4.69) is 0 Å². The Bertz CT molecular complexity index is 435. The molecule has 0 aromatic heterocycles. The van der Waals surface area contributed by atoms with Crippen molar-refractivity contribution in [2.24, 2.45) is 5.73 Å². The van der Waals surface area contributed by atoms with Crippen molar-refractivity contribution in [1.29, 1.82) is 0 Å². The van der Waals surface area contributed by atoms with Crippen LogP contribution in [-0.2, 0) is 9.53 Å². The third kappa shape index (κ3) is 4.40. The molecule has 106 valence electrons. The summed E-state index contributed by atoms with van der Waals surface area (Å²) in [5, 5.41) is 0.442. The van der Waals surface area contributed by atoms with Gasteiger partial charge in [0.2, 0.25) is 0 Å². The van der Waals surface area contributed by atoms with Crippen LogP contribution in [0.1, 0.15) is 38.8 Å². The minimum atomic E-state index is -0.640. The molecule has 0 heterocycles. The first kappa shape index (κ1) is 15.8. The predicted molar refractivity (Wildman–Crippen MR) is 75.4 cm³/mol. The summed E-state index contributed by atoms with van der Waals surface area (Å²) in [6.07, 6.45) is -0.122. The fourth-order valence-electron chi connectivity index (χ4n) is 1.58. The molecule has 0 aliphatic rings. The molecule has 2 unspecified atom stereocenters. The first-order valence-electron chi connectivity index (χ1n) is 6.37. The number of nitrogens with two attached hydrogens (primary N) is 1. The van der Waals surface area contributed by atoms with Crippen LogP contribution in [0.2, 0.25) is 5.02 Å². The molecule has 1 rings (SSSR count). The van der Waals surface area contributed by atoms with Crippen LogP contribution < -0.4 is 10.5 Å². The molecule has 0 saturated heterocycles. The van der Waals surface area contributed by atoms with Gasteiger partial charge in [-0.3, -0.25) is 0 Å². The quantitative estimate of drug-likeness (QED) is 0.816. The summed E-state index contributed by atoms with van der Waals surface area (Å²) >= 11 is 6.12. The van der Waals surface area contributed by atoms with Gasteiger partial charge in [0, 0.05) is 6.04 Å². The molecule has 19 heavy (non-hydrogen) atoms. The molecule has 2 atom stereocenters. The Labute approximate surface area is 118 Å². The summed E-state index contributed by atoms with van der Waals surface area (Å²) in [4.78, 5) is 11.7. The van der Waals surface area contributed by atoms with Gasteiger partial charge in [-0.25, -0.2) is 4.79 Å². The minimum absolute atomic E-state index is 0.0985. The zero-order chi connectivity index (χ0) is 14.4. The topological polar surface area (TPSA) is 61.5 Å². The summed E-state index contributed by atoms with van der Waals surface area (Å²) in [5.74, 6) is 0.0864. The standard InChI is InChI=1S/C14H20ClNO3/c1-4-12(14(17)18-5-2)19-13-7-6-10(9(3)16)8-11(13)15/h6-9,12H,4-5,16H2,1-3H3. The maximum absolute atomic E-state index is 11.7. The summed E-state index contributed by atoms with van der Waals surface area (Å²) in [6, 6.07) is 5.21. The SMILES string of the molecule is CCOC(=O)C(CC)Oc1ccc(C(C)N)cc1Cl. The van der Waals surface area contributed by atoms with Crippen molar-refractivity contribution in [1.82, 2.24) is 0 Å². The number of esters is 1. The number of benzene rings is 1. The monoisotopic (exact) mass is 285 g/mol. The van der Waals surface area contributed by atoms with E-state index in [9.17, 15) is 4.79 Å². The van der Waals surface area contributed by atoms with Gasteiger partial charge in [0.25, 0.3) is 0 Å². The molecular weight excluding hydrogens is 266 g/mol. The number of carbonyl (C=O) groups is 1. The maximum Gasteiger partial charge on any atom is 0.347 e. The molecule has 1 aromatic rings. The van der Waals surface area contributed by atoms with Gasteiger partial charge in [0.15, 0.2) is 6.10 Å². The fourth-order valence-corrected chi connectivity index (χ4v) is 1.82. The van der Waals surface area contributed by atoms with Crippen molar-refractivity contribution in [3.63, 3.8) is 0 Å². The van der Waals surface area contributed by atoms with E-state index in [1.807, 2.05) is 19.9 Å². The van der Waals surface area contributed by atoms with Crippen LogP contribution in [-0.4, -0.2) is 18.7 Å². The van der Waals surface area contributed by atoms with Gasteiger partial charge in [-0.1, -0.05) is 24.6 Å². The molecule has 0 radical (unpaired) electrons. The van der Waals surface area contributed by atoms with Gasteiger partial charge in [-0.2, -0.15) is 0 Å². The van der Waals surface area contributed by atoms with Crippen molar-refractivity contribution < 1.29 is 14.3 Å². The molecule has 4 nitrogen and oxygen atoms in total. The van der Waals surface area contributed by atoms with Gasteiger partial charge in [0.1, 0.15) is 5.75 Å². The van der Waals surface area contributed by atoms with Gasteiger partial charge in [-0.15, -0.1) is 0 Å². The van der Waals surface area contributed by atoms with E-state index in [1.54, 1.807) is 19.1 Å². The van der Waals surface area contributed by atoms with Gasteiger partial charge >= 0.3 is 5.97 Å². The average Bonchev–Trinajstić information content (AvgIpc) is 2.37. The summed E-state index contributed by atoms with van der Waals surface area (Å²) in [6.45, 7) is 5.82. The van der Waals surface area contributed by atoms with Crippen molar-refractivity contribution in [3.8, 4) is 5.75 Å².